The number of benzene rings is 1. The first-order chi connectivity index (χ1) is 8.72. The average Bonchev–Trinajstić information content (AvgIpc) is 2.64. The van der Waals surface area contributed by atoms with E-state index in [0.717, 1.165) is 28.9 Å². The third-order valence-electron chi connectivity index (χ3n) is 3.24. The molecule has 0 aromatic heterocycles. The van der Waals surface area contributed by atoms with E-state index in [1.165, 1.54) is 18.2 Å². The highest BCUT2D eigenvalue weighted by Crippen LogP contribution is 2.29. The van der Waals surface area contributed by atoms with Crippen LogP contribution in [0.4, 0.5) is 4.39 Å². The Kier molecular flexibility index (Phi) is 5.48. The number of nitrogens with two attached hydrogens (primary N) is 1. The van der Waals surface area contributed by atoms with Crippen LogP contribution in [0.3, 0.4) is 0 Å². The summed E-state index contributed by atoms with van der Waals surface area (Å²) >= 11 is 5.49. The molecule has 0 radical (unpaired) electrons. The van der Waals surface area contributed by atoms with Crippen molar-refractivity contribution in [2.45, 2.75) is 12.5 Å². The maximum absolute atomic E-state index is 13.4. The van der Waals surface area contributed by atoms with Gasteiger partial charge in [-0.25, -0.2) is 4.39 Å². The summed E-state index contributed by atoms with van der Waals surface area (Å²) < 4.78 is 14.3. The van der Waals surface area contributed by atoms with Crippen LogP contribution >= 0.6 is 27.7 Å². The lowest BCUT2D eigenvalue weighted by Crippen LogP contribution is -2.35. The fourth-order valence-electron chi connectivity index (χ4n) is 2.32. The van der Waals surface area contributed by atoms with E-state index >= 15 is 0 Å². The van der Waals surface area contributed by atoms with E-state index in [2.05, 4.69) is 20.8 Å². The Labute approximate surface area is 120 Å². The van der Waals surface area contributed by atoms with Crippen LogP contribution in [-0.4, -0.2) is 36.0 Å². The number of rotatable bonds is 3. The van der Waals surface area contributed by atoms with Crippen LogP contribution in [0.15, 0.2) is 22.7 Å². The van der Waals surface area contributed by atoms with E-state index in [1.807, 2.05) is 11.8 Å². The molecule has 18 heavy (non-hydrogen) atoms. The molecule has 1 aliphatic heterocycles. The summed E-state index contributed by atoms with van der Waals surface area (Å²) in [4.78, 5) is 2.37. The van der Waals surface area contributed by atoms with E-state index in [4.69, 9.17) is 5.73 Å². The highest BCUT2D eigenvalue weighted by atomic mass is 79.9. The second-order valence-electron chi connectivity index (χ2n) is 4.42. The number of hydrogen-bond acceptors (Lipinski definition) is 3. The highest BCUT2D eigenvalue weighted by molar-refractivity contribution is 9.10. The number of nitrogens with zero attached hydrogens (tertiary/aromatic N) is 1. The van der Waals surface area contributed by atoms with Gasteiger partial charge in [0.15, 0.2) is 0 Å². The van der Waals surface area contributed by atoms with Gasteiger partial charge in [0.2, 0.25) is 0 Å². The van der Waals surface area contributed by atoms with Crippen molar-refractivity contribution in [2.24, 2.45) is 5.73 Å². The third-order valence-corrected chi connectivity index (χ3v) is 5.01. The molecule has 0 spiro atoms. The van der Waals surface area contributed by atoms with Crippen LogP contribution in [0, 0.1) is 5.82 Å². The minimum atomic E-state index is -0.198. The fourth-order valence-corrected chi connectivity index (χ4v) is 3.73. The van der Waals surface area contributed by atoms with Crippen LogP contribution in [0.5, 0.6) is 0 Å². The standard InChI is InChI=1S/C13H18BrFN2S/c14-12-3-2-10(15)8-11(12)13(9-16)17-4-1-6-18-7-5-17/h2-3,8,13H,1,4-7,9,16H2. The molecule has 1 heterocycles. The van der Waals surface area contributed by atoms with E-state index < -0.39 is 0 Å². The lowest BCUT2D eigenvalue weighted by Gasteiger charge is -2.30. The zero-order valence-corrected chi connectivity index (χ0v) is 12.6. The van der Waals surface area contributed by atoms with E-state index in [0.29, 0.717) is 6.54 Å². The normalized spacial score (nSPS) is 19.5. The Morgan fingerprint density at radius 2 is 2.22 bits per heavy atom. The molecule has 0 saturated carbocycles. The maximum atomic E-state index is 13.4. The molecule has 1 aliphatic rings. The first-order valence-electron chi connectivity index (χ1n) is 6.19. The number of thioether (sulfide) groups is 1. The summed E-state index contributed by atoms with van der Waals surface area (Å²) in [6.45, 7) is 2.58. The topological polar surface area (TPSA) is 29.3 Å². The van der Waals surface area contributed by atoms with Crippen molar-refractivity contribution in [1.29, 1.82) is 0 Å². The Hall–Kier alpha value is -0.100. The zero-order valence-electron chi connectivity index (χ0n) is 10.2. The summed E-state index contributed by atoms with van der Waals surface area (Å²) in [7, 11) is 0. The van der Waals surface area contributed by atoms with Gasteiger partial charge in [0.25, 0.3) is 0 Å². The largest absolute Gasteiger partial charge is 0.329 e. The van der Waals surface area contributed by atoms with Gasteiger partial charge in [-0.15, -0.1) is 0 Å². The van der Waals surface area contributed by atoms with Crippen molar-refractivity contribution in [3.63, 3.8) is 0 Å². The highest BCUT2D eigenvalue weighted by Gasteiger charge is 2.22. The summed E-state index contributed by atoms with van der Waals surface area (Å²) in [6.07, 6.45) is 1.17. The second kappa shape index (κ2) is 6.89. The van der Waals surface area contributed by atoms with Gasteiger partial charge < -0.3 is 5.73 Å². The zero-order chi connectivity index (χ0) is 13.0. The molecule has 5 heteroatoms. The first kappa shape index (κ1) is 14.3. The van der Waals surface area contributed by atoms with Crippen molar-refractivity contribution >= 4 is 27.7 Å². The summed E-state index contributed by atoms with van der Waals surface area (Å²) in [5.41, 5.74) is 6.88. The smallest absolute Gasteiger partial charge is 0.123 e. The summed E-state index contributed by atoms with van der Waals surface area (Å²) in [5.74, 6) is 2.14. The van der Waals surface area contributed by atoms with Gasteiger partial charge in [0, 0.05) is 29.4 Å². The van der Waals surface area contributed by atoms with E-state index in [9.17, 15) is 4.39 Å². The van der Waals surface area contributed by atoms with Crippen LogP contribution < -0.4 is 5.73 Å². The van der Waals surface area contributed by atoms with Crippen LogP contribution in [-0.2, 0) is 0 Å². The molecule has 0 bridgehead atoms. The van der Waals surface area contributed by atoms with E-state index in [-0.39, 0.29) is 11.9 Å². The van der Waals surface area contributed by atoms with Gasteiger partial charge >= 0.3 is 0 Å². The molecule has 2 nitrogen and oxygen atoms in total. The van der Waals surface area contributed by atoms with Gasteiger partial charge in [-0.2, -0.15) is 11.8 Å². The molecular formula is C13H18BrFN2S. The fraction of sp³-hybridized carbons (Fsp3) is 0.538. The molecule has 2 N–H and O–H groups in total. The van der Waals surface area contributed by atoms with Gasteiger partial charge in [0.05, 0.1) is 0 Å². The lowest BCUT2D eigenvalue weighted by molar-refractivity contribution is 0.217. The average molecular weight is 333 g/mol. The molecule has 1 fully saturated rings. The molecule has 1 unspecified atom stereocenters. The molecule has 1 atom stereocenters. The van der Waals surface area contributed by atoms with Crippen LogP contribution in [0.2, 0.25) is 0 Å². The summed E-state index contributed by atoms with van der Waals surface area (Å²) in [5, 5.41) is 0. The number of hydrogen-bond donors (Lipinski definition) is 1. The molecule has 0 aliphatic carbocycles. The third kappa shape index (κ3) is 3.47. The molecular weight excluding hydrogens is 315 g/mol. The Morgan fingerprint density at radius 1 is 1.39 bits per heavy atom. The molecule has 1 aromatic carbocycles. The van der Waals surface area contributed by atoms with Crippen LogP contribution in [0.1, 0.15) is 18.0 Å². The molecule has 100 valence electrons. The Bertz CT molecular complexity index is 395. The van der Waals surface area contributed by atoms with Gasteiger partial charge in [-0.1, -0.05) is 15.9 Å². The van der Waals surface area contributed by atoms with E-state index in [1.54, 1.807) is 12.1 Å². The van der Waals surface area contributed by atoms with Crippen LogP contribution in [0.25, 0.3) is 0 Å². The maximum Gasteiger partial charge on any atom is 0.123 e. The predicted molar refractivity (Wildman–Crippen MR) is 79.4 cm³/mol. The van der Waals surface area contributed by atoms with Crippen molar-refractivity contribution in [3.05, 3.63) is 34.1 Å². The molecule has 0 amide bonds. The Balaban J connectivity index is 2.23. The van der Waals surface area contributed by atoms with Gasteiger partial charge in [-0.05, 0) is 42.5 Å². The quantitative estimate of drug-likeness (QED) is 0.922. The summed E-state index contributed by atoms with van der Waals surface area (Å²) in [6, 6.07) is 4.94. The lowest BCUT2D eigenvalue weighted by atomic mass is 10.0. The van der Waals surface area contributed by atoms with Gasteiger partial charge in [-0.3, -0.25) is 4.90 Å². The molecule has 1 saturated heterocycles. The first-order valence-corrected chi connectivity index (χ1v) is 8.14. The van der Waals surface area contributed by atoms with Gasteiger partial charge in [0.1, 0.15) is 5.82 Å². The van der Waals surface area contributed by atoms with Crippen molar-refractivity contribution < 1.29 is 4.39 Å². The van der Waals surface area contributed by atoms with Crippen molar-refractivity contribution in [2.75, 3.05) is 31.1 Å². The van der Waals surface area contributed by atoms with Crippen molar-refractivity contribution in [1.82, 2.24) is 4.90 Å². The minimum Gasteiger partial charge on any atom is -0.329 e. The molecule has 1 aromatic rings. The van der Waals surface area contributed by atoms with Crippen molar-refractivity contribution in [3.8, 4) is 0 Å². The Morgan fingerprint density at radius 3 is 3.00 bits per heavy atom. The minimum absolute atomic E-state index is 0.105. The SMILES string of the molecule is NCC(c1cc(F)ccc1Br)N1CCCSCC1. The molecule has 2 rings (SSSR count). The monoisotopic (exact) mass is 332 g/mol. The second-order valence-corrected chi connectivity index (χ2v) is 6.50. The predicted octanol–water partition coefficient (Wildman–Crippen LogP) is 3.03. The number of halogens is 2.